The first-order valence-corrected chi connectivity index (χ1v) is 9.06. The van der Waals surface area contributed by atoms with E-state index in [1.807, 2.05) is 35.2 Å². The molecule has 134 valence electrons. The molecule has 2 heterocycles. The quantitative estimate of drug-likeness (QED) is 0.858. The number of amides is 1. The highest BCUT2D eigenvalue weighted by Gasteiger charge is 2.48. The highest BCUT2D eigenvalue weighted by molar-refractivity contribution is 5.97. The first-order valence-electron chi connectivity index (χ1n) is 9.06. The Balaban J connectivity index is 1.55. The predicted octanol–water partition coefficient (Wildman–Crippen LogP) is 2.16. The molecule has 1 N–H and O–H groups in total. The van der Waals surface area contributed by atoms with Gasteiger partial charge >= 0.3 is 0 Å². The lowest BCUT2D eigenvalue weighted by Gasteiger charge is -2.33. The summed E-state index contributed by atoms with van der Waals surface area (Å²) >= 11 is 0. The third-order valence-corrected chi connectivity index (χ3v) is 5.75. The van der Waals surface area contributed by atoms with Crippen molar-refractivity contribution < 1.29 is 14.7 Å². The molecule has 2 aliphatic rings. The Morgan fingerprint density at radius 3 is 2.85 bits per heavy atom. The van der Waals surface area contributed by atoms with E-state index in [4.69, 9.17) is 5.11 Å². The van der Waals surface area contributed by atoms with Crippen molar-refractivity contribution in [3.63, 3.8) is 0 Å². The molecule has 0 bridgehead atoms. The molecule has 5 nitrogen and oxygen atoms in total. The summed E-state index contributed by atoms with van der Waals surface area (Å²) in [5, 5.41) is 9.10. The van der Waals surface area contributed by atoms with Gasteiger partial charge in [-0.2, -0.15) is 0 Å². The first kappa shape index (κ1) is 16.9. The molecule has 1 aliphatic carbocycles. The first-order chi connectivity index (χ1) is 12.6. The molecule has 1 fully saturated rings. The maximum absolute atomic E-state index is 13.2. The number of benzene rings is 1. The van der Waals surface area contributed by atoms with E-state index in [0.717, 1.165) is 37.1 Å². The van der Waals surface area contributed by atoms with Crippen molar-refractivity contribution in [3.05, 3.63) is 65.0 Å². The van der Waals surface area contributed by atoms with E-state index in [9.17, 15) is 9.59 Å². The minimum atomic E-state index is -0.485. The summed E-state index contributed by atoms with van der Waals surface area (Å²) in [4.78, 5) is 31.2. The van der Waals surface area contributed by atoms with Crippen LogP contribution in [-0.2, 0) is 24.2 Å². The second-order valence-electron chi connectivity index (χ2n) is 7.32. The average Bonchev–Trinajstić information content (AvgIpc) is 2.97. The number of aromatic nitrogens is 1. The van der Waals surface area contributed by atoms with Crippen LogP contribution in [0, 0.1) is 5.41 Å². The molecule has 1 amide bonds. The number of aliphatic hydroxyl groups is 1. The van der Waals surface area contributed by atoms with Crippen molar-refractivity contribution in [3.8, 4) is 0 Å². The molecule has 1 aliphatic heterocycles. The maximum atomic E-state index is 13.2. The second-order valence-corrected chi connectivity index (χ2v) is 7.32. The molecule has 5 heteroatoms. The van der Waals surface area contributed by atoms with Crippen LogP contribution in [0.15, 0.2) is 42.6 Å². The molecule has 26 heavy (non-hydrogen) atoms. The maximum Gasteiger partial charge on any atom is 0.229 e. The topological polar surface area (TPSA) is 70.5 Å². The van der Waals surface area contributed by atoms with Gasteiger partial charge in [-0.05, 0) is 55.0 Å². The Kier molecular flexibility index (Phi) is 4.32. The van der Waals surface area contributed by atoms with Crippen molar-refractivity contribution in [2.45, 2.75) is 32.2 Å². The van der Waals surface area contributed by atoms with Gasteiger partial charge in [0.1, 0.15) is 6.61 Å². The van der Waals surface area contributed by atoms with Gasteiger partial charge in [0, 0.05) is 18.3 Å². The standard InChI is InChI=1S/C21H22N2O3/c24-14-19(25)16-5-4-15-6-7-21(12-17(15)11-16)8-10-23(20(21)26)13-18-3-1-2-9-22-18/h1-5,9,11,24H,6-8,10,12-14H2/t21-/m1/s1. The lowest BCUT2D eigenvalue weighted by Crippen LogP contribution is -2.38. The molecule has 1 aromatic carbocycles. The molecular weight excluding hydrogens is 328 g/mol. The summed E-state index contributed by atoms with van der Waals surface area (Å²) in [7, 11) is 0. The highest BCUT2D eigenvalue weighted by atomic mass is 16.3. The second kappa shape index (κ2) is 6.65. The van der Waals surface area contributed by atoms with Crippen molar-refractivity contribution in [2.24, 2.45) is 5.41 Å². The monoisotopic (exact) mass is 350 g/mol. The Morgan fingerprint density at radius 2 is 2.08 bits per heavy atom. The van der Waals surface area contributed by atoms with Gasteiger partial charge in [-0.3, -0.25) is 14.6 Å². The van der Waals surface area contributed by atoms with Crippen LogP contribution in [0.3, 0.4) is 0 Å². The summed E-state index contributed by atoms with van der Waals surface area (Å²) in [6.45, 7) is 0.817. The fourth-order valence-electron chi connectivity index (χ4n) is 4.25. The number of aliphatic hydroxyl groups excluding tert-OH is 1. The summed E-state index contributed by atoms with van der Waals surface area (Å²) in [6, 6.07) is 11.4. The molecule has 1 saturated heterocycles. The minimum Gasteiger partial charge on any atom is -0.388 e. The molecule has 0 unspecified atom stereocenters. The largest absolute Gasteiger partial charge is 0.388 e. The smallest absolute Gasteiger partial charge is 0.229 e. The zero-order chi connectivity index (χ0) is 18.1. The van der Waals surface area contributed by atoms with E-state index < -0.39 is 6.61 Å². The van der Waals surface area contributed by atoms with Gasteiger partial charge in [-0.15, -0.1) is 0 Å². The number of fused-ring (bicyclic) bond motifs is 1. The van der Waals surface area contributed by atoms with Crippen LogP contribution in [0.5, 0.6) is 0 Å². The van der Waals surface area contributed by atoms with Crippen molar-refractivity contribution in [2.75, 3.05) is 13.2 Å². The number of likely N-dealkylation sites (tertiary alicyclic amines) is 1. The number of pyridine rings is 1. The lowest BCUT2D eigenvalue weighted by molar-refractivity contribution is -0.137. The molecule has 0 radical (unpaired) electrons. The molecule has 1 spiro atoms. The Bertz CT molecular complexity index is 850. The van der Waals surface area contributed by atoms with E-state index in [1.165, 1.54) is 5.56 Å². The number of carbonyl (C=O) groups is 2. The van der Waals surface area contributed by atoms with Crippen LogP contribution in [0.4, 0.5) is 0 Å². The van der Waals surface area contributed by atoms with Crippen LogP contribution in [0.2, 0.25) is 0 Å². The van der Waals surface area contributed by atoms with Crippen LogP contribution in [-0.4, -0.2) is 39.8 Å². The number of nitrogens with zero attached hydrogens (tertiary/aromatic N) is 2. The number of hydrogen-bond acceptors (Lipinski definition) is 4. The SMILES string of the molecule is O=C(CO)c1ccc2c(c1)C[C@@]1(CC2)CCN(Cc2ccccn2)C1=O. The highest BCUT2D eigenvalue weighted by Crippen LogP contribution is 2.44. The number of aryl methyl sites for hydroxylation is 1. The third kappa shape index (κ3) is 2.92. The fourth-order valence-corrected chi connectivity index (χ4v) is 4.25. The van der Waals surface area contributed by atoms with Gasteiger partial charge < -0.3 is 10.0 Å². The number of ketones is 1. The Hall–Kier alpha value is -2.53. The minimum absolute atomic E-state index is 0.202. The number of hydrogen-bond donors (Lipinski definition) is 1. The average molecular weight is 350 g/mol. The predicted molar refractivity (Wildman–Crippen MR) is 96.6 cm³/mol. The van der Waals surface area contributed by atoms with Crippen molar-refractivity contribution >= 4 is 11.7 Å². The van der Waals surface area contributed by atoms with Gasteiger partial charge in [-0.1, -0.05) is 18.2 Å². The van der Waals surface area contributed by atoms with E-state index in [0.29, 0.717) is 18.5 Å². The fraction of sp³-hybridized carbons (Fsp3) is 0.381. The molecular formula is C21H22N2O3. The number of rotatable bonds is 4. The van der Waals surface area contributed by atoms with Crippen LogP contribution >= 0.6 is 0 Å². The normalized spacial score (nSPS) is 21.9. The Labute approximate surface area is 152 Å². The van der Waals surface area contributed by atoms with Crippen molar-refractivity contribution in [1.29, 1.82) is 0 Å². The van der Waals surface area contributed by atoms with Gasteiger partial charge in [0.15, 0.2) is 5.78 Å². The van der Waals surface area contributed by atoms with Crippen LogP contribution < -0.4 is 0 Å². The molecule has 1 aromatic heterocycles. The molecule has 2 aromatic rings. The number of carbonyl (C=O) groups excluding carboxylic acids is 2. The van der Waals surface area contributed by atoms with Gasteiger partial charge in [0.2, 0.25) is 5.91 Å². The van der Waals surface area contributed by atoms with E-state index in [1.54, 1.807) is 12.3 Å². The lowest BCUT2D eigenvalue weighted by atomic mass is 9.70. The van der Waals surface area contributed by atoms with Crippen LogP contribution in [0.25, 0.3) is 0 Å². The third-order valence-electron chi connectivity index (χ3n) is 5.75. The molecule has 0 saturated carbocycles. The van der Waals surface area contributed by atoms with Crippen molar-refractivity contribution in [1.82, 2.24) is 9.88 Å². The van der Waals surface area contributed by atoms with Gasteiger partial charge in [0.05, 0.1) is 17.7 Å². The van der Waals surface area contributed by atoms with Gasteiger partial charge in [0.25, 0.3) is 0 Å². The Morgan fingerprint density at radius 1 is 1.19 bits per heavy atom. The summed E-state index contributed by atoms with van der Waals surface area (Å²) in [5.74, 6) is -0.0744. The zero-order valence-corrected chi connectivity index (χ0v) is 14.6. The summed E-state index contributed by atoms with van der Waals surface area (Å²) < 4.78 is 0. The van der Waals surface area contributed by atoms with E-state index in [-0.39, 0.29) is 17.1 Å². The van der Waals surface area contributed by atoms with Crippen LogP contribution in [0.1, 0.15) is 40.0 Å². The summed E-state index contributed by atoms with van der Waals surface area (Å²) in [6.07, 6.45) is 4.97. The zero-order valence-electron chi connectivity index (χ0n) is 14.6. The van der Waals surface area contributed by atoms with E-state index in [2.05, 4.69) is 4.98 Å². The molecule has 4 rings (SSSR count). The van der Waals surface area contributed by atoms with Gasteiger partial charge in [-0.25, -0.2) is 0 Å². The van der Waals surface area contributed by atoms with E-state index >= 15 is 0 Å². The molecule has 1 atom stereocenters. The number of Topliss-reactive ketones (excluding diaryl/α,β-unsaturated/α-hetero) is 1. The summed E-state index contributed by atoms with van der Waals surface area (Å²) in [5.41, 5.74) is 3.36.